The average Bonchev–Trinajstić information content (AvgIpc) is 3.36. The Morgan fingerprint density at radius 2 is 1.53 bits per heavy atom. The van der Waals surface area contributed by atoms with Crippen LogP contribution in [-0.4, -0.2) is 21.9 Å². The van der Waals surface area contributed by atoms with Crippen molar-refractivity contribution < 1.29 is 4.58 Å². The fraction of sp³-hybridized carbons (Fsp3) is 0.286. The Morgan fingerprint density at radius 1 is 0.789 bits per heavy atom. The second-order valence-electron chi connectivity index (χ2n) is 11.4. The largest absolute Gasteiger partial charge is 0.344 e. The van der Waals surface area contributed by atoms with E-state index >= 15 is 0 Å². The highest BCUT2D eigenvalue weighted by atomic mass is 79.9. The van der Waals surface area contributed by atoms with Crippen LogP contribution in [0.5, 0.6) is 0 Å². The third kappa shape index (κ3) is 4.03. The molecular weight excluding hydrogens is 528 g/mol. The van der Waals surface area contributed by atoms with Crippen molar-refractivity contribution in [1.82, 2.24) is 4.57 Å². The molecule has 4 aromatic rings. The van der Waals surface area contributed by atoms with Gasteiger partial charge in [-0.05, 0) is 77.3 Å². The standard InChI is InChI=1S/C35H36BrN2/c1-21(2)24-13-15-30(31(18-24)22(3)4)35-32-19-26(36)14-16-29(32)33(38(35)6)20-27-17-25-12-11-23-9-7-8-10-28(23)34(25)37(27)5/h7-10,13-22H,11-12H2,1-6H3/q+1. The molecule has 0 saturated heterocycles. The first-order chi connectivity index (χ1) is 18.2. The summed E-state index contributed by atoms with van der Waals surface area (Å²) in [6, 6.07) is 25.1. The van der Waals surface area contributed by atoms with Crippen molar-refractivity contribution in [1.29, 1.82) is 0 Å². The highest BCUT2D eigenvalue weighted by molar-refractivity contribution is 9.10. The molecule has 0 atom stereocenters. The minimum Gasteiger partial charge on any atom is -0.344 e. The van der Waals surface area contributed by atoms with Crippen molar-refractivity contribution >= 4 is 33.4 Å². The maximum Gasteiger partial charge on any atom is 0.221 e. The second-order valence-corrected chi connectivity index (χ2v) is 12.4. The smallest absolute Gasteiger partial charge is 0.221 e. The summed E-state index contributed by atoms with van der Waals surface area (Å²) in [7, 11) is 4.45. The van der Waals surface area contributed by atoms with Crippen LogP contribution in [0.3, 0.4) is 0 Å². The summed E-state index contributed by atoms with van der Waals surface area (Å²) in [5, 5.41) is 0. The Labute approximate surface area is 235 Å². The molecule has 192 valence electrons. The highest BCUT2D eigenvalue weighted by Gasteiger charge is 2.35. The van der Waals surface area contributed by atoms with Crippen LogP contribution in [0.25, 0.3) is 23.0 Å². The van der Waals surface area contributed by atoms with Crippen molar-refractivity contribution in [3.8, 4) is 11.3 Å². The summed E-state index contributed by atoms with van der Waals surface area (Å²) in [6.07, 6.45) is 4.60. The van der Waals surface area contributed by atoms with E-state index in [0.29, 0.717) is 11.8 Å². The molecule has 2 aliphatic rings. The number of aryl methyl sites for hydroxylation is 2. The van der Waals surface area contributed by atoms with Crippen molar-refractivity contribution in [2.75, 3.05) is 7.05 Å². The summed E-state index contributed by atoms with van der Waals surface area (Å²) in [6.45, 7) is 9.17. The van der Waals surface area contributed by atoms with Gasteiger partial charge in [-0.1, -0.05) is 80.0 Å². The summed E-state index contributed by atoms with van der Waals surface area (Å²) in [5.41, 5.74) is 16.2. The Balaban J connectivity index is 1.55. The predicted octanol–water partition coefficient (Wildman–Crippen LogP) is 8.79. The van der Waals surface area contributed by atoms with Crippen LogP contribution >= 0.6 is 15.9 Å². The normalized spacial score (nSPS) is 15.4. The van der Waals surface area contributed by atoms with Gasteiger partial charge >= 0.3 is 0 Å². The lowest BCUT2D eigenvalue weighted by atomic mass is 9.87. The summed E-state index contributed by atoms with van der Waals surface area (Å²) in [4.78, 5) is 0. The van der Waals surface area contributed by atoms with Gasteiger partial charge in [-0.3, -0.25) is 0 Å². The zero-order chi connectivity index (χ0) is 26.7. The number of rotatable bonds is 4. The molecule has 3 heteroatoms. The molecule has 0 saturated carbocycles. The van der Waals surface area contributed by atoms with Gasteiger partial charge < -0.3 is 4.57 Å². The SMILES string of the molecule is CC(C)c1ccc(C2=[N+](C)C(=Cc3cc4c(n3C)-c3ccccc3CC4)c3ccc(Br)cc32)c(C(C)C)c1. The van der Waals surface area contributed by atoms with Crippen LogP contribution in [0.1, 0.15) is 84.2 Å². The first kappa shape index (κ1) is 25.1. The summed E-state index contributed by atoms with van der Waals surface area (Å²) >= 11 is 3.76. The predicted molar refractivity (Wildman–Crippen MR) is 164 cm³/mol. The fourth-order valence-electron chi connectivity index (χ4n) is 6.30. The van der Waals surface area contributed by atoms with E-state index in [-0.39, 0.29) is 0 Å². The van der Waals surface area contributed by atoms with Crippen LogP contribution in [0.15, 0.2) is 71.2 Å². The molecule has 1 aliphatic heterocycles. The van der Waals surface area contributed by atoms with Crippen LogP contribution < -0.4 is 0 Å². The Hall–Kier alpha value is -3.17. The van der Waals surface area contributed by atoms with E-state index in [1.54, 1.807) is 0 Å². The number of halogens is 1. The number of hydrogen-bond donors (Lipinski definition) is 0. The first-order valence-electron chi connectivity index (χ1n) is 13.8. The minimum atomic E-state index is 0.438. The van der Waals surface area contributed by atoms with Crippen LogP contribution in [-0.2, 0) is 19.9 Å². The molecule has 38 heavy (non-hydrogen) atoms. The second kappa shape index (κ2) is 9.54. The van der Waals surface area contributed by atoms with Crippen molar-refractivity contribution in [2.45, 2.75) is 52.4 Å². The number of nitrogens with zero attached hydrogens (tertiary/aromatic N) is 2. The Bertz CT molecular complexity index is 1640. The minimum absolute atomic E-state index is 0.438. The number of aromatic nitrogens is 1. The molecule has 0 radical (unpaired) electrons. The zero-order valence-electron chi connectivity index (χ0n) is 23.3. The fourth-order valence-corrected chi connectivity index (χ4v) is 6.66. The van der Waals surface area contributed by atoms with Crippen molar-refractivity contribution in [2.24, 2.45) is 7.05 Å². The quantitative estimate of drug-likeness (QED) is 0.219. The van der Waals surface area contributed by atoms with Gasteiger partial charge in [0.1, 0.15) is 7.05 Å². The Kier molecular flexibility index (Phi) is 6.31. The molecule has 3 aromatic carbocycles. The first-order valence-corrected chi connectivity index (χ1v) is 14.6. The molecule has 0 amide bonds. The van der Waals surface area contributed by atoms with E-state index in [4.69, 9.17) is 0 Å². The van der Waals surface area contributed by atoms with Gasteiger partial charge in [-0.25, -0.2) is 0 Å². The van der Waals surface area contributed by atoms with E-state index in [1.807, 2.05) is 0 Å². The van der Waals surface area contributed by atoms with Gasteiger partial charge in [0.25, 0.3) is 0 Å². The molecule has 2 heterocycles. The van der Waals surface area contributed by atoms with Gasteiger partial charge in [0.05, 0.1) is 22.4 Å². The average molecular weight is 565 g/mol. The van der Waals surface area contributed by atoms with E-state index in [9.17, 15) is 0 Å². The van der Waals surface area contributed by atoms with Crippen molar-refractivity contribution in [3.05, 3.63) is 116 Å². The number of fused-ring (bicyclic) bond motifs is 4. The van der Waals surface area contributed by atoms with E-state index in [2.05, 4.69) is 140 Å². The highest BCUT2D eigenvalue weighted by Crippen LogP contribution is 2.39. The lowest BCUT2D eigenvalue weighted by Crippen LogP contribution is -2.15. The molecule has 0 fully saturated rings. The molecule has 0 unspecified atom stereocenters. The molecule has 1 aromatic heterocycles. The molecular formula is C35H36BrN2+. The van der Waals surface area contributed by atoms with E-state index in [1.165, 1.54) is 67.3 Å². The van der Waals surface area contributed by atoms with E-state index in [0.717, 1.165) is 17.3 Å². The summed E-state index contributed by atoms with van der Waals surface area (Å²) < 4.78 is 5.91. The topological polar surface area (TPSA) is 7.94 Å². The molecule has 0 bridgehead atoms. The third-order valence-corrected chi connectivity index (χ3v) is 8.89. The van der Waals surface area contributed by atoms with Crippen LogP contribution in [0.2, 0.25) is 0 Å². The monoisotopic (exact) mass is 563 g/mol. The zero-order valence-corrected chi connectivity index (χ0v) is 24.9. The maximum absolute atomic E-state index is 3.76. The molecule has 2 nitrogen and oxygen atoms in total. The van der Waals surface area contributed by atoms with Gasteiger partial charge in [-0.15, -0.1) is 0 Å². The number of benzene rings is 3. The lowest BCUT2D eigenvalue weighted by molar-refractivity contribution is -0.389. The summed E-state index contributed by atoms with van der Waals surface area (Å²) in [5.74, 6) is 0.950. The lowest BCUT2D eigenvalue weighted by Gasteiger charge is -2.18. The van der Waals surface area contributed by atoms with Gasteiger partial charge in [-0.2, -0.15) is 4.58 Å². The number of hydrogen-bond acceptors (Lipinski definition) is 0. The van der Waals surface area contributed by atoms with Gasteiger partial charge in [0.15, 0.2) is 0 Å². The molecule has 1 aliphatic carbocycles. The van der Waals surface area contributed by atoms with Gasteiger partial charge in [0.2, 0.25) is 11.4 Å². The van der Waals surface area contributed by atoms with Crippen LogP contribution in [0.4, 0.5) is 0 Å². The molecule has 0 N–H and O–H groups in total. The van der Waals surface area contributed by atoms with Gasteiger partial charge in [0, 0.05) is 28.9 Å². The maximum atomic E-state index is 3.76. The van der Waals surface area contributed by atoms with E-state index < -0.39 is 0 Å². The Morgan fingerprint density at radius 3 is 2.29 bits per heavy atom. The molecule has 6 rings (SSSR count). The third-order valence-electron chi connectivity index (χ3n) is 8.40. The van der Waals surface area contributed by atoms with Crippen LogP contribution in [0, 0.1) is 0 Å². The van der Waals surface area contributed by atoms with Crippen molar-refractivity contribution in [3.63, 3.8) is 0 Å². The molecule has 0 spiro atoms.